The summed E-state index contributed by atoms with van der Waals surface area (Å²) in [5.74, 6) is 0.756. The van der Waals surface area contributed by atoms with Crippen molar-refractivity contribution in [1.82, 2.24) is 20.1 Å². The second kappa shape index (κ2) is 10.5. The number of nitrogens with zero attached hydrogens (tertiary/aromatic N) is 3. The Kier molecular flexibility index (Phi) is 7.82. The highest BCUT2D eigenvalue weighted by Gasteiger charge is 2.35. The van der Waals surface area contributed by atoms with E-state index in [2.05, 4.69) is 24.1 Å². The van der Waals surface area contributed by atoms with Gasteiger partial charge in [-0.3, -0.25) is 19.4 Å². The molecule has 164 valence electrons. The highest BCUT2D eigenvalue weighted by molar-refractivity contribution is 5.92. The average molecular weight is 415 g/mol. The van der Waals surface area contributed by atoms with E-state index in [1.807, 2.05) is 9.80 Å². The number of hydrogen-bond acceptors (Lipinski definition) is 4. The predicted molar refractivity (Wildman–Crippen MR) is 115 cm³/mol. The van der Waals surface area contributed by atoms with Crippen molar-refractivity contribution in [3.8, 4) is 0 Å². The van der Waals surface area contributed by atoms with Gasteiger partial charge in [0.1, 0.15) is 11.7 Å². The van der Waals surface area contributed by atoms with Crippen LogP contribution in [0.4, 0.5) is 0 Å². The van der Waals surface area contributed by atoms with Crippen molar-refractivity contribution in [3.63, 3.8) is 0 Å². The minimum absolute atomic E-state index is 0.0925. The molecule has 0 spiro atoms. The van der Waals surface area contributed by atoms with Crippen LogP contribution in [0.5, 0.6) is 0 Å². The van der Waals surface area contributed by atoms with Gasteiger partial charge in [-0.15, -0.1) is 0 Å². The van der Waals surface area contributed by atoms with Crippen molar-refractivity contribution < 1.29 is 14.4 Å². The summed E-state index contributed by atoms with van der Waals surface area (Å²) in [6.07, 6.45) is 6.50. The van der Waals surface area contributed by atoms with Gasteiger partial charge >= 0.3 is 0 Å². The number of carbonyl (C=O) groups is 3. The van der Waals surface area contributed by atoms with Gasteiger partial charge in [-0.2, -0.15) is 0 Å². The lowest BCUT2D eigenvalue weighted by Gasteiger charge is -2.40. The smallest absolute Gasteiger partial charge is 0.269 e. The van der Waals surface area contributed by atoms with Gasteiger partial charge < -0.3 is 15.1 Å². The molecule has 2 saturated heterocycles. The Bertz CT molecular complexity index is 729. The Morgan fingerprint density at radius 3 is 2.57 bits per heavy atom. The summed E-state index contributed by atoms with van der Waals surface area (Å²) < 4.78 is 0. The number of aromatic nitrogens is 1. The first kappa shape index (κ1) is 22.2. The van der Waals surface area contributed by atoms with Crippen LogP contribution in [0.1, 0.15) is 62.9 Å². The lowest BCUT2D eigenvalue weighted by atomic mass is 9.94. The molecule has 0 radical (unpaired) electrons. The minimum atomic E-state index is -0.335. The molecule has 0 aromatic carbocycles. The summed E-state index contributed by atoms with van der Waals surface area (Å²) in [7, 11) is 0. The Labute approximate surface area is 179 Å². The first-order valence-electron chi connectivity index (χ1n) is 11.2. The zero-order chi connectivity index (χ0) is 21.5. The van der Waals surface area contributed by atoms with Crippen LogP contribution >= 0.6 is 0 Å². The minimum Gasteiger partial charge on any atom is -0.350 e. The van der Waals surface area contributed by atoms with E-state index in [9.17, 15) is 14.4 Å². The molecule has 1 unspecified atom stereocenters. The van der Waals surface area contributed by atoms with Crippen molar-refractivity contribution in [2.24, 2.45) is 11.8 Å². The number of rotatable bonds is 7. The number of likely N-dealkylation sites (tertiary alicyclic amines) is 2. The molecule has 30 heavy (non-hydrogen) atoms. The average Bonchev–Trinajstić information content (AvgIpc) is 2.77. The molecular weight excluding hydrogens is 380 g/mol. The van der Waals surface area contributed by atoms with E-state index in [4.69, 9.17) is 0 Å². The van der Waals surface area contributed by atoms with Gasteiger partial charge in [0.05, 0.1) is 0 Å². The van der Waals surface area contributed by atoms with Crippen LogP contribution in [0.2, 0.25) is 0 Å². The molecule has 1 aromatic heterocycles. The normalized spacial score (nSPS) is 19.1. The number of carbonyl (C=O) groups excluding carboxylic acids is 3. The van der Waals surface area contributed by atoms with Crippen LogP contribution in [0.25, 0.3) is 0 Å². The van der Waals surface area contributed by atoms with E-state index in [1.54, 1.807) is 24.4 Å². The number of amides is 3. The lowest BCUT2D eigenvalue weighted by molar-refractivity contribution is -0.149. The SMILES string of the molecule is CC(C)CC(C(=O)N1CCC(CNC(=O)c2ccccn2)CC1)N1CCCCC1=O. The third kappa shape index (κ3) is 5.80. The van der Waals surface area contributed by atoms with Crippen molar-refractivity contribution in [1.29, 1.82) is 0 Å². The Hall–Kier alpha value is -2.44. The molecule has 1 N–H and O–H groups in total. The van der Waals surface area contributed by atoms with Crippen LogP contribution in [-0.4, -0.2) is 64.7 Å². The fourth-order valence-corrected chi connectivity index (χ4v) is 4.36. The number of nitrogens with one attached hydrogen (secondary N) is 1. The first-order valence-corrected chi connectivity index (χ1v) is 11.2. The molecule has 1 atom stereocenters. The van der Waals surface area contributed by atoms with Crippen molar-refractivity contribution in [2.45, 2.75) is 58.4 Å². The summed E-state index contributed by atoms with van der Waals surface area (Å²) in [5, 5.41) is 2.96. The number of hydrogen-bond donors (Lipinski definition) is 1. The molecule has 3 heterocycles. The molecule has 1 aromatic rings. The maximum atomic E-state index is 13.3. The Morgan fingerprint density at radius 2 is 1.93 bits per heavy atom. The highest BCUT2D eigenvalue weighted by atomic mass is 16.2. The molecule has 2 aliphatic heterocycles. The first-order chi connectivity index (χ1) is 14.5. The van der Waals surface area contributed by atoms with Crippen molar-refractivity contribution in [2.75, 3.05) is 26.2 Å². The van der Waals surface area contributed by atoms with Gasteiger partial charge in [0.15, 0.2) is 0 Å². The standard InChI is InChI=1S/C23H34N4O3/c1-17(2)15-20(27-12-6-4-8-21(27)28)23(30)26-13-9-18(10-14-26)16-25-22(29)19-7-3-5-11-24-19/h3,5,7,11,17-18,20H,4,6,8-10,12-16H2,1-2H3,(H,25,29). The van der Waals surface area contributed by atoms with Crippen molar-refractivity contribution in [3.05, 3.63) is 30.1 Å². The molecule has 2 fully saturated rings. The van der Waals surface area contributed by atoms with E-state index in [0.717, 1.165) is 25.7 Å². The second-order valence-corrected chi connectivity index (χ2v) is 8.88. The van der Waals surface area contributed by atoms with Gasteiger partial charge in [0.2, 0.25) is 11.8 Å². The molecule has 0 aliphatic carbocycles. The van der Waals surface area contributed by atoms with E-state index in [0.29, 0.717) is 56.6 Å². The maximum Gasteiger partial charge on any atom is 0.269 e. The number of pyridine rings is 1. The third-order valence-corrected chi connectivity index (χ3v) is 6.09. The molecule has 7 heteroatoms. The van der Waals surface area contributed by atoms with Gasteiger partial charge in [0.25, 0.3) is 5.91 Å². The van der Waals surface area contributed by atoms with Gasteiger partial charge in [-0.05, 0) is 56.1 Å². The largest absolute Gasteiger partial charge is 0.350 e. The van der Waals surface area contributed by atoms with Crippen LogP contribution in [0, 0.1) is 11.8 Å². The summed E-state index contributed by atoms with van der Waals surface area (Å²) in [4.78, 5) is 45.7. The van der Waals surface area contributed by atoms with Crippen LogP contribution in [0.15, 0.2) is 24.4 Å². The van der Waals surface area contributed by atoms with Crippen LogP contribution < -0.4 is 5.32 Å². The zero-order valence-corrected chi connectivity index (χ0v) is 18.2. The zero-order valence-electron chi connectivity index (χ0n) is 18.2. The topological polar surface area (TPSA) is 82.6 Å². The summed E-state index contributed by atoms with van der Waals surface area (Å²) in [6.45, 7) is 6.85. The fourth-order valence-electron chi connectivity index (χ4n) is 4.36. The summed E-state index contributed by atoms with van der Waals surface area (Å²) >= 11 is 0. The molecule has 0 saturated carbocycles. The van der Waals surface area contributed by atoms with Crippen molar-refractivity contribution >= 4 is 17.7 Å². The van der Waals surface area contributed by atoms with Crippen LogP contribution in [0.3, 0.4) is 0 Å². The summed E-state index contributed by atoms with van der Waals surface area (Å²) in [5.41, 5.74) is 0.424. The second-order valence-electron chi connectivity index (χ2n) is 8.88. The van der Waals surface area contributed by atoms with E-state index < -0.39 is 0 Å². The molecule has 2 aliphatic rings. The van der Waals surface area contributed by atoms with Gasteiger partial charge in [0, 0.05) is 38.8 Å². The van der Waals surface area contributed by atoms with E-state index >= 15 is 0 Å². The monoisotopic (exact) mass is 414 g/mol. The number of piperidine rings is 2. The molecule has 0 bridgehead atoms. The molecule has 7 nitrogen and oxygen atoms in total. The highest BCUT2D eigenvalue weighted by Crippen LogP contribution is 2.23. The maximum absolute atomic E-state index is 13.3. The van der Waals surface area contributed by atoms with Gasteiger partial charge in [-0.1, -0.05) is 19.9 Å². The lowest BCUT2D eigenvalue weighted by Crippen LogP contribution is -2.54. The third-order valence-electron chi connectivity index (χ3n) is 6.09. The quantitative estimate of drug-likeness (QED) is 0.743. The Morgan fingerprint density at radius 1 is 1.17 bits per heavy atom. The predicted octanol–water partition coefficient (Wildman–Crippen LogP) is 2.48. The van der Waals surface area contributed by atoms with Gasteiger partial charge in [-0.25, -0.2) is 0 Å². The fraction of sp³-hybridized carbons (Fsp3) is 0.652. The van der Waals surface area contributed by atoms with Crippen LogP contribution in [-0.2, 0) is 9.59 Å². The summed E-state index contributed by atoms with van der Waals surface area (Å²) in [6, 6.07) is 4.95. The molecule has 3 amide bonds. The molecule has 3 rings (SSSR count). The Balaban J connectivity index is 1.51. The molecular formula is C23H34N4O3. The van der Waals surface area contributed by atoms with E-state index in [-0.39, 0.29) is 23.8 Å². The van der Waals surface area contributed by atoms with E-state index in [1.165, 1.54) is 0 Å².